The van der Waals surface area contributed by atoms with Crippen LogP contribution in [0.1, 0.15) is 38.5 Å². The number of aliphatic hydroxyl groups excluding tert-OH is 1. The number of amides is 1. The fourth-order valence-electron chi connectivity index (χ4n) is 2.59. The van der Waals surface area contributed by atoms with Crippen LogP contribution >= 0.6 is 0 Å². The molecule has 16 heavy (non-hydrogen) atoms. The number of hydrogen-bond acceptors (Lipinski definition) is 3. The molecule has 2 heterocycles. The molecule has 0 aromatic rings. The van der Waals surface area contributed by atoms with Gasteiger partial charge in [0.15, 0.2) is 0 Å². The molecule has 2 saturated heterocycles. The van der Waals surface area contributed by atoms with Crippen molar-refractivity contribution in [3.8, 4) is 0 Å². The summed E-state index contributed by atoms with van der Waals surface area (Å²) in [5.74, 6) is 0.212. The standard InChI is InChI=1S/C12H22N2O2/c15-11-6-8-14(9-11)12(16)5-4-10-3-1-2-7-13-10/h10-11,13,15H,1-9H2/t10?,11-/m0/s1. The number of aliphatic hydroxyl groups is 1. The molecule has 0 radical (unpaired) electrons. The van der Waals surface area contributed by atoms with Gasteiger partial charge in [-0.3, -0.25) is 4.79 Å². The molecule has 2 rings (SSSR count). The van der Waals surface area contributed by atoms with E-state index < -0.39 is 0 Å². The number of nitrogens with zero attached hydrogens (tertiary/aromatic N) is 1. The van der Waals surface area contributed by atoms with Gasteiger partial charge in [0.1, 0.15) is 0 Å². The van der Waals surface area contributed by atoms with E-state index >= 15 is 0 Å². The van der Waals surface area contributed by atoms with Crippen LogP contribution in [0.3, 0.4) is 0 Å². The number of hydrogen-bond donors (Lipinski definition) is 2. The minimum atomic E-state index is -0.295. The van der Waals surface area contributed by atoms with Gasteiger partial charge in [-0.15, -0.1) is 0 Å². The van der Waals surface area contributed by atoms with Crippen LogP contribution in [-0.4, -0.2) is 47.7 Å². The third-order valence-corrected chi connectivity index (χ3v) is 3.64. The number of likely N-dealkylation sites (tertiary alicyclic amines) is 1. The number of rotatable bonds is 3. The fourth-order valence-corrected chi connectivity index (χ4v) is 2.59. The molecule has 0 aliphatic carbocycles. The monoisotopic (exact) mass is 226 g/mol. The average molecular weight is 226 g/mol. The van der Waals surface area contributed by atoms with E-state index in [0.29, 0.717) is 19.0 Å². The van der Waals surface area contributed by atoms with Crippen molar-refractivity contribution in [2.45, 2.75) is 50.7 Å². The van der Waals surface area contributed by atoms with Crippen molar-refractivity contribution in [2.24, 2.45) is 0 Å². The molecule has 2 aliphatic rings. The van der Waals surface area contributed by atoms with E-state index in [9.17, 15) is 9.90 Å². The van der Waals surface area contributed by atoms with Crippen molar-refractivity contribution in [1.29, 1.82) is 0 Å². The van der Waals surface area contributed by atoms with E-state index in [2.05, 4.69) is 5.32 Å². The zero-order valence-corrected chi connectivity index (χ0v) is 9.82. The lowest BCUT2D eigenvalue weighted by molar-refractivity contribution is -0.130. The minimum absolute atomic E-state index is 0.212. The number of piperidine rings is 1. The Morgan fingerprint density at radius 2 is 2.25 bits per heavy atom. The van der Waals surface area contributed by atoms with Crippen molar-refractivity contribution >= 4 is 5.91 Å². The smallest absolute Gasteiger partial charge is 0.222 e. The van der Waals surface area contributed by atoms with E-state index in [0.717, 1.165) is 25.9 Å². The third-order valence-electron chi connectivity index (χ3n) is 3.64. The van der Waals surface area contributed by atoms with Crippen molar-refractivity contribution in [2.75, 3.05) is 19.6 Å². The van der Waals surface area contributed by atoms with Crippen molar-refractivity contribution in [1.82, 2.24) is 10.2 Å². The summed E-state index contributed by atoms with van der Waals surface area (Å²) < 4.78 is 0. The molecule has 4 nitrogen and oxygen atoms in total. The Morgan fingerprint density at radius 1 is 1.38 bits per heavy atom. The summed E-state index contributed by atoms with van der Waals surface area (Å²) >= 11 is 0. The van der Waals surface area contributed by atoms with Gasteiger partial charge in [-0.2, -0.15) is 0 Å². The Hall–Kier alpha value is -0.610. The van der Waals surface area contributed by atoms with Crippen LogP contribution in [0.4, 0.5) is 0 Å². The largest absolute Gasteiger partial charge is 0.391 e. The Labute approximate surface area is 97.0 Å². The Morgan fingerprint density at radius 3 is 2.88 bits per heavy atom. The Balaban J connectivity index is 1.67. The first-order valence-electron chi connectivity index (χ1n) is 6.45. The fraction of sp³-hybridized carbons (Fsp3) is 0.917. The molecule has 2 aliphatic heterocycles. The number of carbonyl (C=O) groups is 1. The average Bonchev–Trinajstić information content (AvgIpc) is 2.74. The van der Waals surface area contributed by atoms with E-state index in [1.54, 1.807) is 4.90 Å². The molecule has 0 aromatic carbocycles. The molecule has 2 atom stereocenters. The highest BCUT2D eigenvalue weighted by Crippen LogP contribution is 2.15. The second kappa shape index (κ2) is 5.64. The van der Waals surface area contributed by atoms with Gasteiger partial charge in [0, 0.05) is 25.6 Å². The summed E-state index contributed by atoms with van der Waals surface area (Å²) in [7, 11) is 0. The van der Waals surface area contributed by atoms with E-state index in [4.69, 9.17) is 0 Å². The summed E-state index contributed by atoms with van der Waals surface area (Å²) in [5.41, 5.74) is 0. The molecule has 1 unspecified atom stereocenters. The van der Waals surface area contributed by atoms with Gasteiger partial charge in [-0.25, -0.2) is 0 Å². The predicted octanol–water partition coefficient (Wildman–Crippen LogP) is 0.502. The van der Waals surface area contributed by atoms with Crippen LogP contribution in [0.2, 0.25) is 0 Å². The lowest BCUT2D eigenvalue weighted by Gasteiger charge is -2.24. The van der Waals surface area contributed by atoms with Gasteiger partial charge in [0.2, 0.25) is 5.91 Å². The first kappa shape index (κ1) is 11.9. The zero-order valence-electron chi connectivity index (χ0n) is 9.82. The van der Waals surface area contributed by atoms with E-state index in [1.807, 2.05) is 0 Å². The maximum atomic E-state index is 11.8. The number of β-amino-alcohol motifs (C(OH)–C–C–N with tert-alkyl or cyclic N) is 1. The molecule has 0 aromatic heterocycles. The molecule has 0 bridgehead atoms. The number of nitrogens with one attached hydrogen (secondary N) is 1. The van der Waals surface area contributed by atoms with Gasteiger partial charge < -0.3 is 15.3 Å². The molecule has 0 saturated carbocycles. The summed E-state index contributed by atoms with van der Waals surface area (Å²) in [5, 5.41) is 12.8. The summed E-state index contributed by atoms with van der Waals surface area (Å²) in [4.78, 5) is 13.6. The normalized spacial score (nSPS) is 30.7. The van der Waals surface area contributed by atoms with Crippen LogP contribution in [0.5, 0.6) is 0 Å². The van der Waals surface area contributed by atoms with Gasteiger partial charge in [-0.05, 0) is 32.2 Å². The molecule has 1 amide bonds. The van der Waals surface area contributed by atoms with Crippen LogP contribution < -0.4 is 5.32 Å². The quantitative estimate of drug-likeness (QED) is 0.737. The van der Waals surface area contributed by atoms with Crippen LogP contribution in [0, 0.1) is 0 Å². The van der Waals surface area contributed by atoms with Crippen LogP contribution in [0.25, 0.3) is 0 Å². The van der Waals surface area contributed by atoms with Gasteiger partial charge in [-0.1, -0.05) is 6.42 Å². The summed E-state index contributed by atoms with van der Waals surface area (Å²) in [6, 6.07) is 0.533. The Bertz CT molecular complexity index is 239. The third kappa shape index (κ3) is 3.19. The second-order valence-electron chi connectivity index (χ2n) is 4.97. The molecular weight excluding hydrogens is 204 g/mol. The summed E-state index contributed by atoms with van der Waals surface area (Å²) in [6.45, 7) is 2.37. The van der Waals surface area contributed by atoms with Gasteiger partial charge in [0.25, 0.3) is 0 Å². The molecule has 92 valence electrons. The lowest BCUT2D eigenvalue weighted by Crippen LogP contribution is -2.36. The lowest BCUT2D eigenvalue weighted by atomic mass is 10.0. The molecular formula is C12H22N2O2. The molecule has 2 N–H and O–H groups in total. The Kier molecular flexibility index (Phi) is 4.18. The van der Waals surface area contributed by atoms with Gasteiger partial charge in [0.05, 0.1) is 6.10 Å². The number of carbonyl (C=O) groups excluding carboxylic acids is 1. The van der Waals surface area contributed by atoms with Crippen molar-refractivity contribution in [3.05, 3.63) is 0 Å². The van der Waals surface area contributed by atoms with E-state index in [1.165, 1.54) is 19.3 Å². The second-order valence-corrected chi connectivity index (χ2v) is 4.97. The first-order valence-corrected chi connectivity index (χ1v) is 6.45. The minimum Gasteiger partial charge on any atom is -0.391 e. The highest BCUT2D eigenvalue weighted by atomic mass is 16.3. The summed E-state index contributed by atoms with van der Waals surface area (Å²) in [6.07, 6.45) is 5.78. The topological polar surface area (TPSA) is 52.6 Å². The SMILES string of the molecule is O=C(CCC1CCCCN1)N1CC[C@H](O)C1. The maximum absolute atomic E-state index is 11.8. The molecule has 4 heteroatoms. The first-order chi connectivity index (χ1) is 7.75. The predicted molar refractivity (Wildman–Crippen MR) is 62.1 cm³/mol. The van der Waals surface area contributed by atoms with Crippen LogP contribution in [0.15, 0.2) is 0 Å². The van der Waals surface area contributed by atoms with Crippen LogP contribution in [-0.2, 0) is 4.79 Å². The van der Waals surface area contributed by atoms with Crippen molar-refractivity contribution < 1.29 is 9.90 Å². The van der Waals surface area contributed by atoms with E-state index in [-0.39, 0.29) is 12.0 Å². The maximum Gasteiger partial charge on any atom is 0.222 e. The highest BCUT2D eigenvalue weighted by Gasteiger charge is 2.24. The van der Waals surface area contributed by atoms with Crippen molar-refractivity contribution in [3.63, 3.8) is 0 Å². The zero-order chi connectivity index (χ0) is 11.4. The molecule has 2 fully saturated rings. The highest BCUT2D eigenvalue weighted by molar-refractivity contribution is 5.76. The van der Waals surface area contributed by atoms with Gasteiger partial charge >= 0.3 is 0 Å². The molecule has 0 spiro atoms.